The fraction of sp³-hybridized carbons (Fsp3) is 0.643. The molecule has 102 valence electrons. The highest BCUT2D eigenvalue weighted by Gasteiger charge is 2.19. The van der Waals surface area contributed by atoms with Gasteiger partial charge in [-0.3, -0.25) is 4.79 Å². The summed E-state index contributed by atoms with van der Waals surface area (Å²) in [5, 5.41) is 2.06. The van der Waals surface area contributed by atoms with E-state index in [4.69, 9.17) is 4.74 Å². The van der Waals surface area contributed by atoms with Gasteiger partial charge in [0.15, 0.2) is 0 Å². The second-order valence-electron chi connectivity index (χ2n) is 5.54. The molecular formula is C14H23NO2S. The van der Waals surface area contributed by atoms with Gasteiger partial charge in [-0.1, -0.05) is 6.07 Å². The Bertz CT molecular complexity index is 368. The van der Waals surface area contributed by atoms with E-state index in [2.05, 4.69) is 18.4 Å². The molecule has 0 N–H and O–H groups in total. The molecule has 1 rings (SSSR count). The monoisotopic (exact) mass is 269 g/mol. The van der Waals surface area contributed by atoms with Crippen LogP contribution in [0, 0.1) is 0 Å². The Morgan fingerprint density at radius 2 is 2.17 bits per heavy atom. The Kier molecular flexibility index (Phi) is 5.35. The molecule has 1 heterocycles. The maximum absolute atomic E-state index is 12.0. The Labute approximate surface area is 114 Å². The quantitative estimate of drug-likeness (QED) is 0.822. The standard InChI is InChI=1S/C14H23NO2S/c1-11(9-12-7-6-8-18-12)15(5)13(16)10-17-14(2,3)4/h6-8,11H,9-10H2,1-5H3. The molecule has 0 aliphatic carbocycles. The predicted octanol–water partition coefficient (Wildman–Crippen LogP) is 2.95. The van der Waals surface area contributed by atoms with Crippen LogP contribution in [0.3, 0.4) is 0 Å². The van der Waals surface area contributed by atoms with Crippen molar-refractivity contribution in [3.63, 3.8) is 0 Å². The molecule has 0 aliphatic heterocycles. The second kappa shape index (κ2) is 6.34. The highest BCUT2D eigenvalue weighted by molar-refractivity contribution is 7.09. The molecular weight excluding hydrogens is 246 g/mol. The van der Waals surface area contributed by atoms with Gasteiger partial charge in [0, 0.05) is 24.4 Å². The second-order valence-corrected chi connectivity index (χ2v) is 6.57. The number of rotatable bonds is 5. The van der Waals surface area contributed by atoms with Crippen LogP contribution in [0.4, 0.5) is 0 Å². The summed E-state index contributed by atoms with van der Waals surface area (Å²) in [5.41, 5.74) is -0.270. The van der Waals surface area contributed by atoms with Gasteiger partial charge in [0.1, 0.15) is 6.61 Å². The summed E-state index contributed by atoms with van der Waals surface area (Å²) < 4.78 is 5.51. The number of amides is 1. The van der Waals surface area contributed by atoms with Gasteiger partial charge in [-0.15, -0.1) is 11.3 Å². The van der Waals surface area contributed by atoms with E-state index in [1.165, 1.54) is 4.88 Å². The van der Waals surface area contributed by atoms with Gasteiger partial charge in [0.2, 0.25) is 5.91 Å². The first-order valence-corrected chi connectivity index (χ1v) is 7.09. The van der Waals surface area contributed by atoms with Gasteiger partial charge in [0.25, 0.3) is 0 Å². The third-order valence-corrected chi connectivity index (χ3v) is 3.66. The zero-order valence-corrected chi connectivity index (χ0v) is 12.7. The van der Waals surface area contributed by atoms with E-state index in [1.807, 2.05) is 33.9 Å². The number of hydrogen-bond acceptors (Lipinski definition) is 3. The van der Waals surface area contributed by atoms with Crippen molar-refractivity contribution in [1.82, 2.24) is 4.90 Å². The number of nitrogens with zero attached hydrogens (tertiary/aromatic N) is 1. The van der Waals surface area contributed by atoms with Crippen LogP contribution in [0.1, 0.15) is 32.6 Å². The minimum Gasteiger partial charge on any atom is -0.366 e. The van der Waals surface area contributed by atoms with E-state index in [0.717, 1.165) is 6.42 Å². The highest BCUT2D eigenvalue weighted by atomic mass is 32.1. The van der Waals surface area contributed by atoms with Crippen molar-refractivity contribution in [2.75, 3.05) is 13.7 Å². The smallest absolute Gasteiger partial charge is 0.248 e. The first-order chi connectivity index (χ1) is 8.29. The van der Waals surface area contributed by atoms with Gasteiger partial charge in [-0.25, -0.2) is 0 Å². The topological polar surface area (TPSA) is 29.5 Å². The molecule has 0 spiro atoms. The Morgan fingerprint density at radius 3 is 2.67 bits per heavy atom. The zero-order chi connectivity index (χ0) is 13.8. The van der Waals surface area contributed by atoms with Crippen LogP contribution in [-0.2, 0) is 16.0 Å². The maximum Gasteiger partial charge on any atom is 0.248 e. The lowest BCUT2D eigenvalue weighted by molar-refractivity contribution is -0.141. The zero-order valence-electron chi connectivity index (χ0n) is 11.9. The Morgan fingerprint density at radius 1 is 1.50 bits per heavy atom. The predicted molar refractivity (Wildman–Crippen MR) is 76.0 cm³/mol. The molecule has 1 amide bonds. The molecule has 1 atom stereocenters. The van der Waals surface area contributed by atoms with E-state index in [-0.39, 0.29) is 24.2 Å². The summed E-state index contributed by atoms with van der Waals surface area (Å²) in [7, 11) is 1.84. The van der Waals surface area contributed by atoms with Crippen molar-refractivity contribution in [3.05, 3.63) is 22.4 Å². The summed E-state index contributed by atoms with van der Waals surface area (Å²) in [6.45, 7) is 8.07. The number of hydrogen-bond donors (Lipinski definition) is 0. The number of carbonyl (C=O) groups is 1. The van der Waals surface area contributed by atoms with Gasteiger partial charge in [0.05, 0.1) is 5.60 Å². The third kappa shape index (κ3) is 5.19. The maximum atomic E-state index is 12.0. The van der Waals surface area contributed by atoms with Gasteiger partial charge in [-0.05, 0) is 39.1 Å². The minimum absolute atomic E-state index is 0.0361. The first kappa shape index (κ1) is 15.2. The molecule has 3 nitrogen and oxygen atoms in total. The number of thiophene rings is 1. The number of ether oxygens (including phenoxy) is 1. The van der Waals surface area contributed by atoms with E-state index in [9.17, 15) is 4.79 Å². The third-order valence-electron chi connectivity index (χ3n) is 2.76. The number of likely N-dealkylation sites (N-methyl/N-ethyl adjacent to an activating group) is 1. The average molecular weight is 269 g/mol. The number of carbonyl (C=O) groups excluding carboxylic acids is 1. The van der Waals surface area contributed by atoms with Crippen LogP contribution in [-0.4, -0.2) is 36.1 Å². The van der Waals surface area contributed by atoms with Crippen LogP contribution >= 0.6 is 11.3 Å². The summed E-state index contributed by atoms with van der Waals surface area (Å²) >= 11 is 1.73. The summed E-state index contributed by atoms with van der Waals surface area (Å²) in [6.07, 6.45) is 0.898. The van der Waals surface area contributed by atoms with Gasteiger partial charge in [-0.2, -0.15) is 0 Å². The molecule has 0 radical (unpaired) electrons. The molecule has 18 heavy (non-hydrogen) atoms. The van der Waals surface area contributed by atoms with Crippen LogP contribution < -0.4 is 0 Å². The molecule has 0 bridgehead atoms. The average Bonchev–Trinajstić information content (AvgIpc) is 2.76. The summed E-state index contributed by atoms with van der Waals surface area (Å²) in [6, 6.07) is 4.34. The minimum atomic E-state index is -0.270. The molecule has 1 aromatic rings. The molecule has 0 saturated carbocycles. The van der Waals surface area contributed by atoms with Crippen molar-refractivity contribution in [2.45, 2.75) is 45.8 Å². The SMILES string of the molecule is CC(Cc1cccs1)N(C)C(=O)COC(C)(C)C. The lowest BCUT2D eigenvalue weighted by Crippen LogP contribution is -2.40. The molecule has 1 unspecified atom stereocenters. The van der Waals surface area contributed by atoms with Crippen LogP contribution in [0.15, 0.2) is 17.5 Å². The van der Waals surface area contributed by atoms with Crippen molar-refractivity contribution in [1.29, 1.82) is 0 Å². The van der Waals surface area contributed by atoms with Crippen LogP contribution in [0.25, 0.3) is 0 Å². The lowest BCUT2D eigenvalue weighted by Gasteiger charge is -2.27. The largest absolute Gasteiger partial charge is 0.366 e. The fourth-order valence-electron chi connectivity index (χ4n) is 1.48. The van der Waals surface area contributed by atoms with E-state index >= 15 is 0 Å². The summed E-state index contributed by atoms with van der Waals surface area (Å²) in [4.78, 5) is 15.0. The van der Waals surface area contributed by atoms with Gasteiger partial charge >= 0.3 is 0 Å². The molecule has 0 aliphatic rings. The fourth-order valence-corrected chi connectivity index (χ4v) is 2.31. The van der Waals surface area contributed by atoms with Crippen LogP contribution in [0.2, 0.25) is 0 Å². The molecule has 0 fully saturated rings. The van der Waals surface area contributed by atoms with E-state index in [0.29, 0.717) is 0 Å². The lowest BCUT2D eigenvalue weighted by atomic mass is 10.2. The van der Waals surface area contributed by atoms with E-state index in [1.54, 1.807) is 16.2 Å². The highest BCUT2D eigenvalue weighted by Crippen LogP contribution is 2.14. The normalized spacial score (nSPS) is 13.4. The Hall–Kier alpha value is -0.870. The van der Waals surface area contributed by atoms with Crippen molar-refractivity contribution in [2.24, 2.45) is 0 Å². The van der Waals surface area contributed by atoms with Crippen molar-refractivity contribution < 1.29 is 9.53 Å². The Balaban J connectivity index is 2.43. The molecule has 0 aromatic carbocycles. The van der Waals surface area contributed by atoms with Gasteiger partial charge < -0.3 is 9.64 Å². The molecule has 0 saturated heterocycles. The first-order valence-electron chi connectivity index (χ1n) is 6.21. The summed E-state index contributed by atoms with van der Waals surface area (Å²) in [5.74, 6) is 0.0361. The van der Waals surface area contributed by atoms with Crippen molar-refractivity contribution in [3.8, 4) is 0 Å². The van der Waals surface area contributed by atoms with Crippen LogP contribution in [0.5, 0.6) is 0 Å². The van der Waals surface area contributed by atoms with Crippen molar-refractivity contribution >= 4 is 17.2 Å². The van der Waals surface area contributed by atoms with E-state index < -0.39 is 0 Å². The molecule has 1 aromatic heterocycles. The molecule has 4 heteroatoms.